The van der Waals surface area contributed by atoms with Gasteiger partial charge in [0.15, 0.2) is 0 Å². The van der Waals surface area contributed by atoms with E-state index < -0.39 is 0 Å². The van der Waals surface area contributed by atoms with Crippen molar-refractivity contribution >= 4 is 11.8 Å². The van der Waals surface area contributed by atoms with Gasteiger partial charge in [-0.1, -0.05) is 44.0 Å². The molecule has 0 saturated carbocycles. The summed E-state index contributed by atoms with van der Waals surface area (Å²) in [5.74, 6) is 2.61. The lowest BCUT2D eigenvalue weighted by atomic mass is 9.73. The van der Waals surface area contributed by atoms with E-state index in [0.29, 0.717) is 31.9 Å². The van der Waals surface area contributed by atoms with Crippen molar-refractivity contribution < 1.29 is 19.1 Å². The standard InChI is InChI=1S/C36H52N4O4/c1-29-13-20-39(21-14-29)25-27-43-32-11-7-10-31(28-32)34(41)37-18-24-40-22-16-36(17-23-40)15-6-2-3-8-30-9-4-5-12-33(30)44-26-19-38-35(36)42/h4-5,7,9-12,28-29H,2-3,6,8,13-27H2,1H3,(H,37,41)(H,38,42). The smallest absolute Gasteiger partial charge is 0.251 e. The van der Waals surface area contributed by atoms with Crippen molar-refractivity contribution in [3.05, 3.63) is 59.7 Å². The molecule has 8 nitrogen and oxygen atoms in total. The summed E-state index contributed by atoms with van der Waals surface area (Å²) in [6.45, 7) is 10.3. The van der Waals surface area contributed by atoms with Crippen molar-refractivity contribution in [2.24, 2.45) is 11.3 Å². The lowest BCUT2D eigenvalue weighted by Crippen LogP contribution is -2.50. The van der Waals surface area contributed by atoms with E-state index in [4.69, 9.17) is 9.47 Å². The number of carbonyl (C=O) groups excluding carboxylic acids is 2. The highest BCUT2D eigenvalue weighted by molar-refractivity contribution is 5.94. The molecule has 3 aliphatic rings. The molecule has 2 N–H and O–H groups in total. The van der Waals surface area contributed by atoms with Crippen LogP contribution in [0.2, 0.25) is 0 Å². The van der Waals surface area contributed by atoms with E-state index in [1.165, 1.54) is 18.4 Å². The summed E-state index contributed by atoms with van der Waals surface area (Å²) < 4.78 is 12.0. The maximum atomic E-state index is 13.4. The molecule has 2 amide bonds. The molecule has 2 aromatic carbocycles. The number of rotatable bonds is 8. The molecular weight excluding hydrogens is 552 g/mol. The van der Waals surface area contributed by atoms with Gasteiger partial charge in [0.2, 0.25) is 5.91 Å². The molecule has 0 bridgehead atoms. The van der Waals surface area contributed by atoms with E-state index in [1.54, 1.807) is 0 Å². The fourth-order valence-electron chi connectivity index (χ4n) is 6.85. The van der Waals surface area contributed by atoms with E-state index in [1.807, 2.05) is 36.4 Å². The van der Waals surface area contributed by atoms with Gasteiger partial charge >= 0.3 is 0 Å². The largest absolute Gasteiger partial charge is 0.492 e. The summed E-state index contributed by atoms with van der Waals surface area (Å²) in [7, 11) is 0. The van der Waals surface area contributed by atoms with E-state index in [0.717, 1.165) is 102 Å². The summed E-state index contributed by atoms with van der Waals surface area (Å²) in [4.78, 5) is 31.2. The maximum Gasteiger partial charge on any atom is 0.251 e. The Kier molecular flexibility index (Phi) is 11.9. The number of benzene rings is 2. The van der Waals surface area contributed by atoms with E-state index >= 15 is 0 Å². The average molecular weight is 605 g/mol. The van der Waals surface area contributed by atoms with Crippen LogP contribution in [0.5, 0.6) is 11.5 Å². The molecule has 0 atom stereocenters. The predicted molar refractivity (Wildman–Crippen MR) is 174 cm³/mol. The van der Waals surface area contributed by atoms with Crippen LogP contribution in [-0.4, -0.2) is 87.2 Å². The number of fused-ring (bicyclic) bond motifs is 1. The van der Waals surface area contributed by atoms with Crippen molar-refractivity contribution in [1.29, 1.82) is 0 Å². The number of nitrogens with one attached hydrogen (secondary N) is 2. The van der Waals surface area contributed by atoms with Gasteiger partial charge in [0.25, 0.3) is 5.91 Å². The Morgan fingerprint density at radius 3 is 2.61 bits per heavy atom. The average Bonchev–Trinajstić information content (AvgIpc) is 3.06. The summed E-state index contributed by atoms with van der Waals surface area (Å²) >= 11 is 0. The Bertz CT molecular complexity index is 1200. The number of amides is 2. The fraction of sp³-hybridized carbons (Fsp3) is 0.611. The second kappa shape index (κ2) is 16.3. The Balaban J connectivity index is 1.03. The van der Waals surface area contributed by atoms with E-state index in [-0.39, 0.29) is 17.2 Å². The van der Waals surface area contributed by atoms with Gasteiger partial charge in [-0.3, -0.25) is 14.5 Å². The SMILES string of the molecule is CC1CCN(CCOc2cccc(C(=O)NCCN3CCC4(CCCCCc5ccccc5OCCNC4=O)CC3)c2)CC1. The van der Waals surface area contributed by atoms with Crippen molar-refractivity contribution in [2.75, 3.05) is 65.6 Å². The zero-order chi connectivity index (χ0) is 30.6. The molecule has 5 rings (SSSR count). The van der Waals surface area contributed by atoms with Crippen molar-refractivity contribution in [3.8, 4) is 11.5 Å². The monoisotopic (exact) mass is 604 g/mol. The maximum absolute atomic E-state index is 13.4. The molecule has 2 aromatic rings. The van der Waals surface area contributed by atoms with E-state index in [2.05, 4.69) is 39.5 Å². The minimum Gasteiger partial charge on any atom is -0.492 e. The molecule has 0 unspecified atom stereocenters. The van der Waals surface area contributed by atoms with Crippen LogP contribution in [0, 0.1) is 11.3 Å². The molecular formula is C36H52N4O4. The van der Waals surface area contributed by atoms with Gasteiger partial charge in [-0.25, -0.2) is 0 Å². The van der Waals surface area contributed by atoms with Crippen LogP contribution in [-0.2, 0) is 11.2 Å². The van der Waals surface area contributed by atoms with Gasteiger partial charge in [-0.05, 0) is 107 Å². The number of ether oxygens (including phenoxy) is 2. The minimum atomic E-state index is -0.312. The number of hydrogen-bond acceptors (Lipinski definition) is 6. The molecule has 3 heterocycles. The van der Waals surface area contributed by atoms with Gasteiger partial charge in [0.1, 0.15) is 24.7 Å². The molecule has 0 aliphatic carbocycles. The second-order valence-electron chi connectivity index (χ2n) is 13.1. The molecule has 0 aromatic heterocycles. The van der Waals surface area contributed by atoms with Crippen LogP contribution in [0.4, 0.5) is 0 Å². The molecule has 2 fully saturated rings. The molecule has 3 aliphatic heterocycles. The zero-order valence-electron chi connectivity index (χ0n) is 26.7. The van der Waals surface area contributed by atoms with Crippen LogP contribution in [0.1, 0.15) is 74.2 Å². The quantitative estimate of drug-likeness (QED) is 0.445. The molecule has 44 heavy (non-hydrogen) atoms. The molecule has 0 radical (unpaired) electrons. The highest BCUT2D eigenvalue weighted by Crippen LogP contribution is 2.37. The first-order chi connectivity index (χ1) is 21.5. The van der Waals surface area contributed by atoms with Crippen LogP contribution < -0.4 is 20.1 Å². The lowest BCUT2D eigenvalue weighted by Gasteiger charge is -2.41. The van der Waals surface area contributed by atoms with E-state index in [9.17, 15) is 9.59 Å². The van der Waals surface area contributed by atoms with Crippen LogP contribution in [0.15, 0.2) is 48.5 Å². The third kappa shape index (κ3) is 9.21. The minimum absolute atomic E-state index is 0.0760. The Morgan fingerprint density at radius 2 is 1.77 bits per heavy atom. The number of piperidine rings is 2. The highest BCUT2D eigenvalue weighted by atomic mass is 16.5. The summed E-state index contributed by atoms with van der Waals surface area (Å²) in [5, 5.41) is 6.27. The lowest BCUT2D eigenvalue weighted by molar-refractivity contribution is -0.134. The number of likely N-dealkylation sites (tertiary alicyclic amines) is 2. The van der Waals surface area contributed by atoms with Gasteiger partial charge in [-0.15, -0.1) is 0 Å². The number of nitrogens with zero attached hydrogens (tertiary/aromatic N) is 2. The van der Waals surface area contributed by atoms with Gasteiger partial charge in [0, 0.05) is 25.2 Å². The Morgan fingerprint density at radius 1 is 0.977 bits per heavy atom. The third-order valence-electron chi connectivity index (χ3n) is 9.88. The first kappa shape index (κ1) is 32.3. The van der Waals surface area contributed by atoms with Crippen LogP contribution in [0.25, 0.3) is 0 Å². The van der Waals surface area contributed by atoms with Gasteiger partial charge < -0.3 is 25.0 Å². The number of carbonyl (C=O) groups is 2. The van der Waals surface area contributed by atoms with Crippen molar-refractivity contribution in [1.82, 2.24) is 20.4 Å². The normalized spacial score (nSPS) is 20.7. The fourth-order valence-corrected chi connectivity index (χ4v) is 6.85. The van der Waals surface area contributed by atoms with Gasteiger partial charge in [0.05, 0.1) is 12.0 Å². The van der Waals surface area contributed by atoms with Gasteiger partial charge in [-0.2, -0.15) is 0 Å². The predicted octanol–water partition coefficient (Wildman–Crippen LogP) is 4.92. The van der Waals surface area contributed by atoms with Crippen molar-refractivity contribution in [2.45, 2.75) is 64.7 Å². The van der Waals surface area contributed by atoms with Crippen molar-refractivity contribution in [3.63, 3.8) is 0 Å². The van der Waals surface area contributed by atoms with Crippen LogP contribution >= 0.6 is 0 Å². The molecule has 2 saturated heterocycles. The molecule has 240 valence electrons. The number of aryl methyl sites for hydroxylation is 1. The summed E-state index contributed by atoms with van der Waals surface area (Å²) in [6.07, 6.45) is 9.45. The summed E-state index contributed by atoms with van der Waals surface area (Å²) in [5.41, 5.74) is 1.57. The summed E-state index contributed by atoms with van der Waals surface area (Å²) in [6, 6.07) is 15.7. The van der Waals surface area contributed by atoms with Crippen LogP contribution in [0.3, 0.4) is 0 Å². The molecule has 8 heteroatoms. The Hall–Kier alpha value is -3.10. The zero-order valence-corrected chi connectivity index (χ0v) is 26.7. The number of hydrogen-bond donors (Lipinski definition) is 2. The second-order valence-corrected chi connectivity index (χ2v) is 13.1. The Labute approximate surface area is 263 Å². The first-order valence-electron chi connectivity index (χ1n) is 17.0. The third-order valence-corrected chi connectivity index (χ3v) is 9.88. The first-order valence-corrected chi connectivity index (χ1v) is 17.0. The molecule has 1 spiro atoms. The highest BCUT2D eigenvalue weighted by Gasteiger charge is 2.40. The number of para-hydroxylation sites is 1. The topological polar surface area (TPSA) is 83.1 Å².